The van der Waals surface area contributed by atoms with E-state index in [0.717, 1.165) is 11.1 Å². The SMILES string of the molecule is Cc1ccc(Oc2ccc(NC(=O)C(=O)NC(C)c3ccncc3)cn2)cc1. The van der Waals surface area contributed by atoms with Gasteiger partial charge >= 0.3 is 11.8 Å². The van der Waals surface area contributed by atoms with Crippen LogP contribution in [0.3, 0.4) is 0 Å². The third-order valence-electron chi connectivity index (χ3n) is 4.00. The van der Waals surface area contributed by atoms with Crippen LogP contribution in [-0.4, -0.2) is 21.8 Å². The molecule has 0 aliphatic carbocycles. The molecule has 1 unspecified atom stereocenters. The zero-order valence-corrected chi connectivity index (χ0v) is 15.5. The number of aromatic nitrogens is 2. The van der Waals surface area contributed by atoms with Crippen LogP contribution in [0.15, 0.2) is 67.1 Å². The average molecular weight is 376 g/mol. The van der Waals surface area contributed by atoms with Gasteiger partial charge in [-0.25, -0.2) is 4.98 Å². The van der Waals surface area contributed by atoms with Crippen molar-refractivity contribution in [1.82, 2.24) is 15.3 Å². The number of amides is 2. The Morgan fingerprint density at radius 1 is 0.964 bits per heavy atom. The van der Waals surface area contributed by atoms with Gasteiger partial charge in [0.25, 0.3) is 0 Å². The zero-order valence-electron chi connectivity index (χ0n) is 15.5. The number of carbonyl (C=O) groups is 2. The van der Waals surface area contributed by atoms with Crippen LogP contribution in [0.5, 0.6) is 11.6 Å². The number of nitrogens with zero attached hydrogens (tertiary/aromatic N) is 2. The second-order valence-corrected chi connectivity index (χ2v) is 6.23. The largest absolute Gasteiger partial charge is 0.439 e. The van der Waals surface area contributed by atoms with E-state index in [2.05, 4.69) is 20.6 Å². The fourth-order valence-corrected chi connectivity index (χ4v) is 2.43. The van der Waals surface area contributed by atoms with Crippen LogP contribution < -0.4 is 15.4 Å². The number of hydrogen-bond donors (Lipinski definition) is 2. The Kier molecular flexibility index (Phi) is 5.96. The number of carbonyl (C=O) groups excluding carboxylic acids is 2. The van der Waals surface area contributed by atoms with Crippen molar-refractivity contribution in [3.05, 3.63) is 78.2 Å². The van der Waals surface area contributed by atoms with Crippen LogP contribution in [0, 0.1) is 6.92 Å². The first-order valence-electron chi connectivity index (χ1n) is 8.73. The second-order valence-electron chi connectivity index (χ2n) is 6.23. The molecule has 3 rings (SSSR count). The number of benzene rings is 1. The fourth-order valence-electron chi connectivity index (χ4n) is 2.43. The molecule has 2 amide bonds. The minimum atomic E-state index is -0.769. The number of nitrogens with one attached hydrogen (secondary N) is 2. The first-order valence-corrected chi connectivity index (χ1v) is 8.73. The Hall–Kier alpha value is -3.74. The lowest BCUT2D eigenvalue weighted by Gasteiger charge is -2.13. The van der Waals surface area contributed by atoms with Crippen LogP contribution in [0.4, 0.5) is 5.69 Å². The van der Waals surface area contributed by atoms with Gasteiger partial charge in [-0.05, 0) is 49.7 Å². The third kappa shape index (κ3) is 5.14. The summed E-state index contributed by atoms with van der Waals surface area (Å²) in [6.45, 7) is 3.78. The number of hydrogen-bond acceptors (Lipinski definition) is 5. The van der Waals surface area contributed by atoms with E-state index in [0.29, 0.717) is 17.3 Å². The molecule has 0 aliphatic rings. The third-order valence-corrected chi connectivity index (χ3v) is 4.00. The lowest BCUT2D eigenvalue weighted by Crippen LogP contribution is -2.36. The summed E-state index contributed by atoms with van der Waals surface area (Å²) in [5, 5.41) is 5.16. The summed E-state index contributed by atoms with van der Waals surface area (Å²) in [5.74, 6) is -0.448. The zero-order chi connectivity index (χ0) is 19.9. The Morgan fingerprint density at radius 2 is 1.68 bits per heavy atom. The molecule has 0 saturated heterocycles. The van der Waals surface area contributed by atoms with Gasteiger partial charge in [0.05, 0.1) is 17.9 Å². The normalized spacial score (nSPS) is 11.4. The summed E-state index contributed by atoms with van der Waals surface area (Å²) in [4.78, 5) is 32.2. The van der Waals surface area contributed by atoms with E-state index in [9.17, 15) is 9.59 Å². The van der Waals surface area contributed by atoms with Crippen LogP contribution in [0.25, 0.3) is 0 Å². The Labute approximate surface area is 162 Å². The predicted molar refractivity (Wildman–Crippen MR) is 105 cm³/mol. The van der Waals surface area contributed by atoms with Crippen molar-refractivity contribution >= 4 is 17.5 Å². The number of aryl methyl sites for hydroxylation is 1. The van der Waals surface area contributed by atoms with Crippen LogP contribution in [0.1, 0.15) is 24.1 Å². The Morgan fingerprint density at radius 3 is 2.32 bits per heavy atom. The van der Waals surface area contributed by atoms with Crippen molar-refractivity contribution in [3.63, 3.8) is 0 Å². The first kappa shape index (κ1) is 19.0. The topological polar surface area (TPSA) is 93.2 Å². The number of ether oxygens (including phenoxy) is 1. The summed E-state index contributed by atoms with van der Waals surface area (Å²) in [5.41, 5.74) is 2.39. The lowest BCUT2D eigenvalue weighted by atomic mass is 10.1. The smallest absolute Gasteiger partial charge is 0.313 e. The van der Waals surface area contributed by atoms with Gasteiger partial charge in [0, 0.05) is 18.5 Å². The van der Waals surface area contributed by atoms with E-state index in [1.807, 2.05) is 31.2 Å². The highest BCUT2D eigenvalue weighted by molar-refractivity contribution is 6.39. The molecule has 7 nitrogen and oxygen atoms in total. The number of pyridine rings is 2. The van der Waals surface area contributed by atoms with Gasteiger partial charge in [-0.1, -0.05) is 17.7 Å². The van der Waals surface area contributed by atoms with Crippen LogP contribution in [0.2, 0.25) is 0 Å². The molecule has 0 spiro atoms. The summed E-state index contributed by atoms with van der Waals surface area (Å²) >= 11 is 0. The van der Waals surface area contributed by atoms with E-state index in [-0.39, 0.29) is 6.04 Å². The molecule has 28 heavy (non-hydrogen) atoms. The summed E-state index contributed by atoms with van der Waals surface area (Å²) in [6.07, 6.45) is 4.69. The maximum atomic E-state index is 12.1. The summed E-state index contributed by atoms with van der Waals surface area (Å²) in [7, 11) is 0. The molecular weight excluding hydrogens is 356 g/mol. The highest BCUT2D eigenvalue weighted by atomic mass is 16.5. The van der Waals surface area contributed by atoms with Crippen molar-refractivity contribution in [1.29, 1.82) is 0 Å². The standard InChI is InChI=1S/C21H20N4O3/c1-14-3-6-18(7-4-14)28-19-8-5-17(13-23-19)25-21(27)20(26)24-15(2)16-9-11-22-12-10-16/h3-13,15H,1-2H3,(H,24,26)(H,25,27). The van der Waals surface area contributed by atoms with E-state index < -0.39 is 11.8 Å². The van der Waals surface area contributed by atoms with E-state index in [1.165, 1.54) is 6.20 Å². The highest BCUT2D eigenvalue weighted by Gasteiger charge is 2.17. The van der Waals surface area contributed by atoms with Crippen LogP contribution in [-0.2, 0) is 9.59 Å². The summed E-state index contributed by atoms with van der Waals surface area (Å²) < 4.78 is 5.63. The van der Waals surface area contributed by atoms with Gasteiger partial charge in [0.1, 0.15) is 5.75 Å². The first-order chi connectivity index (χ1) is 13.5. The van der Waals surface area contributed by atoms with Gasteiger partial charge in [-0.3, -0.25) is 14.6 Å². The molecule has 1 atom stereocenters. The molecule has 0 saturated carbocycles. The molecular formula is C21H20N4O3. The van der Waals surface area contributed by atoms with Crippen molar-refractivity contribution < 1.29 is 14.3 Å². The molecule has 142 valence electrons. The molecule has 0 bridgehead atoms. The molecule has 2 heterocycles. The Balaban J connectivity index is 1.55. The van der Waals surface area contributed by atoms with Crippen molar-refractivity contribution in [2.45, 2.75) is 19.9 Å². The minimum absolute atomic E-state index is 0.315. The molecule has 1 aromatic carbocycles. The minimum Gasteiger partial charge on any atom is -0.439 e. The van der Waals surface area contributed by atoms with E-state index in [1.54, 1.807) is 43.6 Å². The molecule has 2 N–H and O–H groups in total. The molecule has 3 aromatic rings. The monoisotopic (exact) mass is 376 g/mol. The Bertz CT molecular complexity index is 942. The maximum Gasteiger partial charge on any atom is 0.313 e. The maximum absolute atomic E-state index is 12.1. The van der Waals surface area contributed by atoms with E-state index >= 15 is 0 Å². The van der Waals surface area contributed by atoms with Gasteiger partial charge in [-0.2, -0.15) is 0 Å². The quantitative estimate of drug-likeness (QED) is 0.666. The summed E-state index contributed by atoms with van der Waals surface area (Å²) in [6, 6.07) is 14.1. The van der Waals surface area contributed by atoms with Gasteiger partial charge in [-0.15, -0.1) is 0 Å². The van der Waals surface area contributed by atoms with Crippen molar-refractivity contribution in [2.75, 3.05) is 5.32 Å². The average Bonchev–Trinajstić information content (AvgIpc) is 2.71. The molecule has 2 aromatic heterocycles. The molecule has 0 aliphatic heterocycles. The fraction of sp³-hybridized carbons (Fsp3) is 0.143. The highest BCUT2D eigenvalue weighted by Crippen LogP contribution is 2.20. The van der Waals surface area contributed by atoms with Gasteiger partial charge in [0.15, 0.2) is 0 Å². The van der Waals surface area contributed by atoms with Gasteiger partial charge in [0.2, 0.25) is 5.88 Å². The van der Waals surface area contributed by atoms with Crippen molar-refractivity contribution in [3.8, 4) is 11.6 Å². The van der Waals surface area contributed by atoms with E-state index in [4.69, 9.17) is 4.74 Å². The molecule has 7 heteroatoms. The lowest BCUT2D eigenvalue weighted by molar-refractivity contribution is -0.136. The molecule has 0 fully saturated rings. The van der Waals surface area contributed by atoms with Gasteiger partial charge < -0.3 is 15.4 Å². The predicted octanol–water partition coefficient (Wildman–Crippen LogP) is 3.39. The van der Waals surface area contributed by atoms with Crippen molar-refractivity contribution in [2.24, 2.45) is 0 Å². The van der Waals surface area contributed by atoms with Crippen LogP contribution >= 0.6 is 0 Å². The number of anilines is 1. The molecule has 0 radical (unpaired) electrons. The number of rotatable bonds is 5. The second kappa shape index (κ2) is 8.77.